The van der Waals surface area contributed by atoms with Gasteiger partial charge in [0.15, 0.2) is 5.16 Å². The van der Waals surface area contributed by atoms with Gasteiger partial charge in [-0.1, -0.05) is 12.1 Å². The average molecular weight is 295 g/mol. The highest BCUT2D eigenvalue weighted by atomic mass is 79.9. The van der Waals surface area contributed by atoms with Gasteiger partial charge in [-0.15, -0.1) is 0 Å². The summed E-state index contributed by atoms with van der Waals surface area (Å²) in [6.07, 6.45) is 3.53. The van der Waals surface area contributed by atoms with Crippen molar-refractivity contribution < 1.29 is 0 Å². The number of rotatable bonds is 2. The summed E-state index contributed by atoms with van der Waals surface area (Å²) in [5.41, 5.74) is 2.51. The molecular weight excluding hydrogens is 284 g/mol. The van der Waals surface area contributed by atoms with Crippen LogP contribution in [0.1, 0.15) is 11.1 Å². The number of hydrogen-bond donors (Lipinski definition) is 0. The molecule has 1 aromatic heterocycles. The van der Waals surface area contributed by atoms with Crippen LogP contribution in [0, 0.1) is 13.8 Å². The number of aryl methyl sites for hydroxylation is 2. The van der Waals surface area contributed by atoms with Crippen LogP contribution in [-0.2, 0) is 0 Å². The van der Waals surface area contributed by atoms with Gasteiger partial charge in [0.1, 0.15) is 0 Å². The zero-order valence-electron chi connectivity index (χ0n) is 9.07. The summed E-state index contributed by atoms with van der Waals surface area (Å²) in [5, 5.41) is 0.775. The molecule has 0 bridgehead atoms. The van der Waals surface area contributed by atoms with Gasteiger partial charge >= 0.3 is 0 Å². The van der Waals surface area contributed by atoms with Gasteiger partial charge in [-0.25, -0.2) is 9.97 Å². The number of benzene rings is 1. The van der Waals surface area contributed by atoms with E-state index in [9.17, 15) is 0 Å². The Morgan fingerprint density at radius 1 is 1.12 bits per heavy atom. The monoisotopic (exact) mass is 294 g/mol. The molecule has 0 unspecified atom stereocenters. The van der Waals surface area contributed by atoms with Crippen LogP contribution in [0.2, 0.25) is 0 Å². The van der Waals surface area contributed by atoms with Crippen molar-refractivity contribution in [2.75, 3.05) is 0 Å². The van der Waals surface area contributed by atoms with Gasteiger partial charge in [-0.05, 0) is 58.7 Å². The van der Waals surface area contributed by atoms with Crippen molar-refractivity contribution in [3.8, 4) is 0 Å². The van der Waals surface area contributed by atoms with Crippen molar-refractivity contribution in [1.29, 1.82) is 0 Å². The zero-order chi connectivity index (χ0) is 11.5. The van der Waals surface area contributed by atoms with E-state index in [0.29, 0.717) is 0 Å². The molecule has 4 heteroatoms. The molecule has 1 aromatic carbocycles. The average Bonchev–Trinajstić information content (AvgIpc) is 2.27. The zero-order valence-corrected chi connectivity index (χ0v) is 11.5. The Morgan fingerprint density at radius 2 is 1.81 bits per heavy atom. The summed E-state index contributed by atoms with van der Waals surface area (Å²) in [6.45, 7) is 4.19. The Labute approximate surface area is 108 Å². The molecule has 0 fully saturated rings. The van der Waals surface area contributed by atoms with Gasteiger partial charge in [-0.2, -0.15) is 0 Å². The molecule has 1 heterocycles. The molecule has 0 saturated heterocycles. The first-order valence-electron chi connectivity index (χ1n) is 4.88. The van der Waals surface area contributed by atoms with E-state index in [1.165, 1.54) is 16.0 Å². The molecule has 2 nitrogen and oxygen atoms in total. The largest absolute Gasteiger partial charge is 0.230 e. The van der Waals surface area contributed by atoms with Crippen molar-refractivity contribution in [3.05, 3.63) is 46.2 Å². The van der Waals surface area contributed by atoms with Crippen LogP contribution in [0.3, 0.4) is 0 Å². The standard InChI is InChI=1S/C12H11BrN2S/c1-8-3-4-9(2)11(5-8)16-12-14-6-10(13)7-15-12/h3-7H,1-2H3. The molecular formula is C12H11BrN2S. The van der Waals surface area contributed by atoms with Crippen molar-refractivity contribution in [2.45, 2.75) is 23.9 Å². The molecule has 0 saturated carbocycles. The Hall–Kier alpha value is -0.870. The second kappa shape index (κ2) is 4.97. The molecule has 0 aliphatic heterocycles. The van der Waals surface area contributed by atoms with Crippen molar-refractivity contribution >= 4 is 27.7 Å². The Morgan fingerprint density at radius 3 is 2.50 bits per heavy atom. The first-order valence-corrected chi connectivity index (χ1v) is 6.49. The highest BCUT2D eigenvalue weighted by Gasteiger charge is 2.03. The molecule has 16 heavy (non-hydrogen) atoms. The van der Waals surface area contributed by atoms with E-state index in [1.54, 1.807) is 24.2 Å². The lowest BCUT2D eigenvalue weighted by atomic mass is 10.2. The lowest BCUT2D eigenvalue weighted by Crippen LogP contribution is -1.87. The Balaban J connectivity index is 2.26. The van der Waals surface area contributed by atoms with Gasteiger partial charge in [0.2, 0.25) is 0 Å². The van der Waals surface area contributed by atoms with E-state index in [2.05, 4.69) is 57.9 Å². The maximum atomic E-state index is 4.25. The van der Waals surface area contributed by atoms with Crippen LogP contribution in [-0.4, -0.2) is 9.97 Å². The molecule has 0 radical (unpaired) electrons. The van der Waals surface area contributed by atoms with E-state index in [-0.39, 0.29) is 0 Å². The van der Waals surface area contributed by atoms with E-state index in [1.807, 2.05) is 0 Å². The lowest BCUT2D eigenvalue weighted by Gasteiger charge is -2.05. The van der Waals surface area contributed by atoms with E-state index in [4.69, 9.17) is 0 Å². The smallest absolute Gasteiger partial charge is 0.192 e. The molecule has 2 rings (SSSR count). The predicted octanol–water partition coefficient (Wildman–Crippen LogP) is 4.01. The van der Waals surface area contributed by atoms with Crippen LogP contribution in [0.5, 0.6) is 0 Å². The van der Waals surface area contributed by atoms with Gasteiger partial charge in [-0.3, -0.25) is 0 Å². The predicted molar refractivity (Wildman–Crippen MR) is 69.8 cm³/mol. The highest BCUT2D eigenvalue weighted by Crippen LogP contribution is 2.28. The molecule has 0 spiro atoms. The summed E-state index contributed by atoms with van der Waals surface area (Å²) in [6, 6.07) is 6.39. The number of nitrogens with zero attached hydrogens (tertiary/aromatic N) is 2. The normalized spacial score (nSPS) is 10.4. The van der Waals surface area contributed by atoms with Crippen LogP contribution < -0.4 is 0 Å². The van der Waals surface area contributed by atoms with Gasteiger partial charge in [0.25, 0.3) is 0 Å². The minimum absolute atomic E-state index is 0.775. The van der Waals surface area contributed by atoms with Crippen molar-refractivity contribution in [2.24, 2.45) is 0 Å². The first kappa shape index (κ1) is 11.6. The molecule has 0 amide bonds. The SMILES string of the molecule is Cc1ccc(C)c(Sc2ncc(Br)cn2)c1. The second-order valence-corrected chi connectivity index (χ2v) is 5.48. The van der Waals surface area contributed by atoms with Crippen LogP contribution >= 0.6 is 27.7 Å². The lowest BCUT2D eigenvalue weighted by molar-refractivity contribution is 0.957. The molecule has 0 atom stereocenters. The van der Waals surface area contributed by atoms with Crippen LogP contribution in [0.4, 0.5) is 0 Å². The third-order valence-electron chi connectivity index (χ3n) is 2.14. The quantitative estimate of drug-likeness (QED) is 0.783. The molecule has 2 aromatic rings. The summed E-state index contributed by atoms with van der Waals surface area (Å²) in [4.78, 5) is 9.71. The third kappa shape index (κ3) is 2.83. The number of aromatic nitrogens is 2. The van der Waals surface area contributed by atoms with E-state index in [0.717, 1.165) is 9.63 Å². The highest BCUT2D eigenvalue weighted by molar-refractivity contribution is 9.10. The fourth-order valence-electron chi connectivity index (χ4n) is 1.27. The molecule has 0 aliphatic rings. The minimum atomic E-state index is 0.775. The summed E-state index contributed by atoms with van der Waals surface area (Å²) in [5.74, 6) is 0. The van der Waals surface area contributed by atoms with Gasteiger partial charge in [0.05, 0.1) is 4.47 Å². The fraction of sp³-hybridized carbons (Fsp3) is 0.167. The summed E-state index contributed by atoms with van der Waals surface area (Å²) >= 11 is 4.92. The number of hydrogen-bond acceptors (Lipinski definition) is 3. The fourth-order valence-corrected chi connectivity index (χ4v) is 2.35. The van der Waals surface area contributed by atoms with Crippen LogP contribution in [0.15, 0.2) is 45.1 Å². The van der Waals surface area contributed by atoms with E-state index >= 15 is 0 Å². The Bertz CT molecular complexity index is 497. The van der Waals surface area contributed by atoms with Crippen LogP contribution in [0.25, 0.3) is 0 Å². The van der Waals surface area contributed by atoms with Gasteiger partial charge in [0, 0.05) is 17.3 Å². The topological polar surface area (TPSA) is 25.8 Å². The first-order chi connectivity index (χ1) is 7.65. The third-order valence-corrected chi connectivity index (χ3v) is 3.60. The van der Waals surface area contributed by atoms with E-state index < -0.39 is 0 Å². The molecule has 0 N–H and O–H groups in total. The number of halogens is 1. The summed E-state index contributed by atoms with van der Waals surface area (Å²) in [7, 11) is 0. The van der Waals surface area contributed by atoms with Crippen molar-refractivity contribution in [3.63, 3.8) is 0 Å². The van der Waals surface area contributed by atoms with Crippen molar-refractivity contribution in [1.82, 2.24) is 9.97 Å². The Kier molecular flexibility index (Phi) is 3.61. The maximum absolute atomic E-state index is 4.25. The summed E-state index contributed by atoms with van der Waals surface area (Å²) < 4.78 is 0.901. The maximum Gasteiger partial charge on any atom is 0.192 e. The molecule has 82 valence electrons. The molecule has 0 aliphatic carbocycles. The van der Waals surface area contributed by atoms with Gasteiger partial charge < -0.3 is 0 Å². The second-order valence-electron chi connectivity index (χ2n) is 3.55. The minimum Gasteiger partial charge on any atom is -0.230 e.